The van der Waals surface area contributed by atoms with Crippen LogP contribution >= 0.6 is 15.9 Å². The summed E-state index contributed by atoms with van der Waals surface area (Å²) in [7, 11) is 3.25. The Morgan fingerprint density at radius 3 is 2.35 bits per heavy atom. The lowest BCUT2D eigenvalue weighted by atomic mass is 10.2. The summed E-state index contributed by atoms with van der Waals surface area (Å²) in [5.41, 5.74) is 1.66. The highest BCUT2D eigenvalue weighted by Crippen LogP contribution is 2.29. The van der Waals surface area contributed by atoms with Crippen molar-refractivity contribution in [2.45, 2.75) is 0 Å². The van der Waals surface area contributed by atoms with E-state index in [2.05, 4.69) is 26.1 Å². The fourth-order valence-corrected chi connectivity index (χ4v) is 2.32. The van der Waals surface area contributed by atoms with Gasteiger partial charge in [-0.2, -0.15) is 0 Å². The summed E-state index contributed by atoms with van der Waals surface area (Å²) in [6, 6.07) is 9.48. The van der Waals surface area contributed by atoms with Crippen molar-refractivity contribution >= 4 is 21.6 Å². The van der Waals surface area contributed by atoms with E-state index in [1.807, 2.05) is 40.9 Å². The molecule has 2 aromatic heterocycles. The van der Waals surface area contributed by atoms with Crippen LogP contribution in [0.2, 0.25) is 0 Å². The second-order valence-corrected chi connectivity index (χ2v) is 5.11. The van der Waals surface area contributed by atoms with Crippen LogP contribution in [-0.4, -0.2) is 28.8 Å². The lowest BCUT2D eigenvalue weighted by molar-refractivity contribution is 0.394. The largest absolute Gasteiger partial charge is 0.497 e. The highest BCUT2D eigenvalue weighted by atomic mass is 79.9. The summed E-state index contributed by atoms with van der Waals surface area (Å²) < 4.78 is 13.4. The maximum absolute atomic E-state index is 5.28. The number of hydrogen-bond acceptors (Lipinski definition) is 4. The Balaban J connectivity index is 2.19. The lowest BCUT2D eigenvalue weighted by Crippen LogP contribution is -1.92. The van der Waals surface area contributed by atoms with E-state index in [1.54, 1.807) is 14.2 Å². The van der Waals surface area contributed by atoms with Gasteiger partial charge in [0.1, 0.15) is 11.5 Å². The second kappa shape index (κ2) is 5.13. The molecule has 1 aromatic carbocycles. The first-order valence-corrected chi connectivity index (χ1v) is 6.74. The predicted molar refractivity (Wildman–Crippen MR) is 79.2 cm³/mol. The van der Waals surface area contributed by atoms with E-state index in [9.17, 15) is 0 Å². The van der Waals surface area contributed by atoms with Crippen LogP contribution in [0.5, 0.6) is 11.5 Å². The van der Waals surface area contributed by atoms with Crippen molar-refractivity contribution in [1.82, 2.24) is 14.6 Å². The molecule has 102 valence electrons. The number of nitrogens with zero attached hydrogens (tertiary/aromatic N) is 3. The number of methoxy groups -OCH3 is 2. The van der Waals surface area contributed by atoms with Crippen molar-refractivity contribution < 1.29 is 9.47 Å². The monoisotopic (exact) mass is 333 g/mol. The normalized spacial score (nSPS) is 10.8. The van der Waals surface area contributed by atoms with Gasteiger partial charge in [0.2, 0.25) is 0 Å². The molecule has 0 saturated carbocycles. The molecular formula is C14H12BrN3O2. The summed E-state index contributed by atoms with van der Waals surface area (Å²) in [5, 5.41) is 8.41. The van der Waals surface area contributed by atoms with Crippen LogP contribution in [0.15, 0.2) is 41.0 Å². The van der Waals surface area contributed by atoms with Crippen LogP contribution in [0, 0.1) is 0 Å². The Kier molecular flexibility index (Phi) is 3.31. The molecule has 20 heavy (non-hydrogen) atoms. The number of halogens is 1. The van der Waals surface area contributed by atoms with Crippen molar-refractivity contribution in [2.75, 3.05) is 14.2 Å². The molecule has 0 aliphatic rings. The smallest absolute Gasteiger partial charge is 0.168 e. The van der Waals surface area contributed by atoms with Gasteiger partial charge in [-0.1, -0.05) is 15.9 Å². The quantitative estimate of drug-likeness (QED) is 0.738. The second-order valence-electron chi connectivity index (χ2n) is 4.20. The van der Waals surface area contributed by atoms with Gasteiger partial charge in [0.15, 0.2) is 11.5 Å². The maximum atomic E-state index is 5.28. The third kappa shape index (κ3) is 2.22. The minimum absolute atomic E-state index is 0.716. The first kappa shape index (κ1) is 12.9. The number of pyridine rings is 1. The molecule has 0 aliphatic heterocycles. The highest BCUT2D eigenvalue weighted by molar-refractivity contribution is 9.10. The summed E-state index contributed by atoms with van der Waals surface area (Å²) in [6.07, 6.45) is 1.92. The zero-order chi connectivity index (χ0) is 14.1. The minimum atomic E-state index is 0.716. The molecule has 3 aromatic rings. The summed E-state index contributed by atoms with van der Waals surface area (Å²) in [5.74, 6) is 2.17. The van der Waals surface area contributed by atoms with Crippen LogP contribution in [0.1, 0.15) is 0 Å². The van der Waals surface area contributed by atoms with Gasteiger partial charge in [0.25, 0.3) is 0 Å². The fourth-order valence-electron chi connectivity index (χ4n) is 2.00. The molecule has 0 N–H and O–H groups in total. The summed E-state index contributed by atoms with van der Waals surface area (Å²) >= 11 is 3.42. The van der Waals surface area contributed by atoms with Crippen LogP contribution in [0.3, 0.4) is 0 Å². The number of hydrogen-bond donors (Lipinski definition) is 0. The molecule has 0 spiro atoms. The highest BCUT2D eigenvalue weighted by Gasteiger charge is 2.11. The van der Waals surface area contributed by atoms with Gasteiger partial charge in [-0.25, -0.2) is 0 Å². The van der Waals surface area contributed by atoms with Crippen molar-refractivity contribution in [3.8, 4) is 22.9 Å². The van der Waals surface area contributed by atoms with Crippen LogP contribution in [0.25, 0.3) is 17.0 Å². The van der Waals surface area contributed by atoms with E-state index in [1.165, 1.54) is 0 Å². The Hall–Kier alpha value is -2.08. The molecule has 0 aliphatic carbocycles. The van der Waals surface area contributed by atoms with Crippen molar-refractivity contribution in [3.63, 3.8) is 0 Å². The van der Waals surface area contributed by atoms with E-state index >= 15 is 0 Å². The Labute approximate surface area is 124 Å². The summed E-state index contributed by atoms with van der Waals surface area (Å²) in [4.78, 5) is 0. The van der Waals surface area contributed by atoms with Gasteiger partial charge in [-0.3, -0.25) is 4.40 Å². The molecule has 0 atom stereocenters. The maximum Gasteiger partial charge on any atom is 0.168 e. The molecule has 3 rings (SSSR count). The number of aromatic nitrogens is 3. The molecule has 2 heterocycles. The first-order chi connectivity index (χ1) is 9.71. The van der Waals surface area contributed by atoms with Gasteiger partial charge in [0.05, 0.1) is 14.2 Å². The van der Waals surface area contributed by atoms with Gasteiger partial charge >= 0.3 is 0 Å². The van der Waals surface area contributed by atoms with E-state index in [0.717, 1.165) is 21.5 Å². The Morgan fingerprint density at radius 1 is 1.00 bits per heavy atom. The third-order valence-corrected chi connectivity index (χ3v) is 3.47. The minimum Gasteiger partial charge on any atom is -0.497 e. The van der Waals surface area contributed by atoms with Crippen LogP contribution in [0.4, 0.5) is 0 Å². The number of benzene rings is 1. The van der Waals surface area contributed by atoms with Crippen molar-refractivity contribution in [1.29, 1.82) is 0 Å². The topological polar surface area (TPSA) is 48.7 Å². The van der Waals surface area contributed by atoms with E-state index < -0.39 is 0 Å². The average Bonchev–Trinajstić information content (AvgIpc) is 2.89. The zero-order valence-electron chi connectivity index (χ0n) is 11.0. The van der Waals surface area contributed by atoms with Crippen molar-refractivity contribution in [2.24, 2.45) is 0 Å². The van der Waals surface area contributed by atoms with Crippen LogP contribution in [-0.2, 0) is 0 Å². The Morgan fingerprint density at radius 2 is 1.70 bits per heavy atom. The standard InChI is InChI=1S/C14H12BrN3O2/c1-19-11-5-9(6-12(8-11)20-2)14-17-16-13-7-10(15)3-4-18(13)14/h3-8H,1-2H3. The van der Waals surface area contributed by atoms with E-state index in [4.69, 9.17) is 9.47 Å². The van der Waals surface area contributed by atoms with E-state index in [-0.39, 0.29) is 0 Å². The first-order valence-electron chi connectivity index (χ1n) is 5.95. The molecule has 0 amide bonds. The number of ether oxygens (including phenoxy) is 2. The average molecular weight is 334 g/mol. The van der Waals surface area contributed by atoms with Gasteiger partial charge < -0.3 is 9.47 Å². The molecular weight excluding hydrogens is 322 g/mol. The van der Waals surface area contributed by atoms with Gasteiger partial charge in [-0.15, -0.1) is 10.2 Å². The molecule has 0 bridgehead atoms. The van der Waals surface area contributed by atoms with Gasteiger partial charge in [0, 0.05) is 22.3 Å². The number of rotatable bonds is 3. The predicted octanol–water partition coefficient (Wildman–Crippen LogP) is 3.18. The van der Waals surface area contributed by atoms with Gasteiger partial charge in [-0.05, 0) is 24.3 Å². The molecule has 0 saturated heterocycles. The zero-order valence-corrected chi connectivity index (χ0v) is 12.6. The SMILES string of the molecule is COc1cc(OC)cc(-c2nnc3cc(Br)ccn23)c1. The van der Waals surface area contributed by atoms with Crippen molar-refractivity contribution in [3.05, 3.63) is 41.0 Å². The molecule has 6 heteroatoms. The Bertz CT molecular complexity index is 748. The van der Waals surface area contributed by atoms with E-state index in [0.29, 0.717) is 11.5 Å². The third-order valence-electron chi connectivity index (χ3n) is 2.98. The molecule has 0 fully saturated rings. The lowest BCUT2D eigenvalue weighted by Gasteiger charge is -2.07. The number of fused-ring (bicyclic) bond motifs is 1. The molecule has 0 unspecified atom stereocenters. The molecule has 5 nitrogen and oxygen atoms in total. The molecule has 0 radical (unpaired) electrons. The fraction of sp³-hybridized carbons (Fsp3) is 0.143. The van der Waals surface area contributed by atoms with Crippen LogP contribution < -0.4 is 9.47 Å². The summed E-state index contributed by atoms with van der Waals surface area (Å²) in [6.45, 7) is 0.